The first-order valence-electron chi connectivity index (χ1n) is 7.47. The highest BCUT2D eigenvalue weighted by Gasteiger charge is 2.08. The van der Waals surface area contributed by atoms with E-state index in [4.69, 9.17) is 18.9 Å². The molecule has 114 valence electrons. The van der Waals surface area contributed by atoms with Crippen molar-refractivity contribution in [3.05, 3.63) is 0 Å². The van der Waals surface area contributed by atoms with Gasteiger partial charge < -0.3 is 18.9 Å². The van der Waals surface area contributed by atoms with Crippen molar-refractivity contribution < 1.29 is 18.9 Å². The van der Waals surface area contributed by atoms with Gasteiger partial charge in [0.05, 0.1) is 46.2 Å². The summed E-state index contributed by atoms with van der Waals surface area (Å²) < 4.78 is 21.6. The summed E-state index contributed by atoms with van der Waals surface area (Å²) in [5.41, 5.74) is 0. The Balaban J connectivity index is 1.71. The van der Waals surface area contributed by atoms with Gasteiger partial charge in [0, 0.05) is 26.2 Å². The van der Waals surface area contributed by atoms with Crippen molar-refractivity contribution in [3.63, 3.8) is 0 Å². The van der Waals surface area contributed by atoms with E-state index in [-0.39, 0.29) is 0 Å². The normalized spacial score (nSPS) is 16.9. The number of hydrogen-bond acceptors (Lipinski definition) is 5. The second kappa shape index (κ2) is 12.8. The van der Waals surface area contributed by atoms with Crippen LogP contribution in [0, 0.1) is 0 Å². The first-order chi connectivity index (χ1) is 9.43. The summed E-state index contributed by atoms with van der Waals surface area (Å²) in [6.45, 7) is 11.2. The third kappa shape index (κ3) is 10.3. The first kappa shape index (κ1) is 16.9. The quantitative estimate of drug-likeness (QED) is 0.500. The molecule has 0 unspecified atom stereocenters. The molecule has 0 spiro atoms. The molecule has 1 aliphatic heterocycles. The molecule has 0 aromatic carbocycles. The molecule has 1 saturated heterocycles. The lowest BCUT2D eigenvalue weighted by atomic mass is 10.4. The molecule has 1 heterocycles. The lowest BCUT2D eigenvalue weighted by Gasteiger charge is -2.26. The van der Waals surface area contributed by atoms with Crippen molar-refractivity contribution in [3.8, 4) is 0 Å². The summed E-state index contributed by atoms with van der Waals surface area (Å²) in [7, 11) is 0. The maximum atomic E-state index is 5.53. The van der Waals surface area contributed by atoms with E-state index in [9.17, 15) is 0 Å². The van der Waals surface area contributed by atoms with Crippen LogP contribution >= 0.6 is 0 Å². The van der Waals surface area contributed by atoms with Crippen LogP contribution in [0.15, 0.2) is 0 Å². The Labute approximate surface area is 117 Å². The van der Waals surface area contributed by atoms with Crippen LogP contribution in [0.4, 0.5) is 0 Å². The van der Waals surface area contributed by atoms with Crippen molar-refractivity contribution in [2.24, 2.45) is 0 Å². The molecule has 0 amide bonds. The third-order valence-corrected chi connectivity index (χ3v) is 3.04. The van der Waals surface area contributed by atoms with Crippen molar-refractivity contribution in [2.45, 2.75) is 19.8 Å². The van der Waals surface area contributed by atoms with E-state index < -0.39 is 0 Å². The summed E-state index contributed by atoms with van der Waals surface area (Å²) in [6, 6.07) is 0. The Bertz CT molecular complexity index is 186. The van der Waals surface area contributed by atoms with E-state index in [0.717, 1.165) is 52.5 Å². The summed E-state index contributed by atoms with van der Waals surface area (Å²) in [4.78, 5) is 2.37. The minimum Gasteiger partial charge on any atom is -0.379 e. The van der Waals surface area contributed by atoms with Gasteiger partial charge in [-0.05, 0) is 6.42 Å². The third-order valence-electron chi connectivity index (χ3n) is 3.04. The van der Waals surface area contributed by atoms with Crippen LogP contribution < -0.4 is 0 Å². The average molecular weight is 275 g/mol. The molecular weight excluding hydrogens is 246 g/mol. The van der Waals surface area contributed by atoms with Crippen LogP contribution in [-0.2, 0) is 18.9 Å². The van der Waals surface area contributed by atoms with Crippen LogP contribution in [0.1, 0.15) is 19.8 Å². The van der Waals surface area contributed by atoms with E-state index in [1.165, 1.54) is 6.42 Å². The van der Waals surface area contributed by atoms with Crippen molar-refractivity contribution in [1.29, 1.82) is 0 Å². The highest BCUT2D eigenvalue weighted by atomic mass is 16.5. The van der Waals surface area contributed by atoms with E-state index in [2.05, 4.69) is 11.8 Å². The SMILES string of the molecule is CCCCOCCOCCOCCN1CCOCC1. The summed E-state index contributed by atoms with van der Waals surface area (Å²) in [5, 5.41) is 0. The zero-order valence-electron chi connectivity index (χ0n) is 12.3. The highest BCUT2D eigenvalue weighted by Crippen LogP contribution is 1.95. The number of nitrogens with zero attached hydrogens (tertiary/aromatic N) is 1. The molecule has 0 aromatic rings. The molecule has 5 nitrogen and oxygen atoms in total. The van der Waals surface area contributed by atoms with E-state index in [1.54, 1.807) is 0 Å². The summed E-state index contributed by atoms with van der Waals surface area (Å²) in [6.07, 6.45) is 2.31. The van der Waals surface area contributed by atoms with E-state index >= 15 is 0 Å². The van der Waals surface area contributed by atoms with Crippen LogP contribution in [0.25, 0.3) is 0 Å². The number of rotatable bonds is 12. The molecule has 0 radical (unpaired) electrons. The monoisotopic (exact) mass is 275 g/mol. The number of unbranched alkanes of at least 4 members (excludes halogenated alkanes) is 1. The molecule has 19 heavy (non-hydrogen) atoms. The number of hydrogen-bond donors (Lipinski definition) is 0. The van der Waals surface area contributed by atoms with Gasteiger partial charge in [0.25, 0.3) is 0 Å². The standard InChI is InChI=1S/C14H29NO4/c1-2-3-7-16-11-13-19-14-12-18-10-6-15-4-8-17-9-5-15/h2-14H2,1H3. The summed E-state index contributed by atoms with van der Waals surface area (Å²) in [5.74, 6) is 0. The fraction of sp³-hybridized carbons (Fsp3) is 1.00. The smallest absolute Gasteiger partial charge is 0.0701 e. The minimum atomic E-state index is 0.653. The molecule has 0 aliphatic carbocycles. The van der Waals surface area contributed by atoms with Gasteiger partial charge >= 0.3 is 0 Å². The van der Waals surface area contributed by atoms with Crippen LogP contribution in [0.2, 0.25) is 0 Å². The second-order valence-corrected chi connectivity index (χ2v) is 4.64. The van der Waals surface area contributed by atoms with Gasteiger partial charge in [-0.3, -0.25) is 4.90 Å². The molecule has 0 saturated carbocycles. The van der Waals surface area contributed by atoms with Gasteiger partial charge in [-0.15, -0.1) is 0 Å². The second-order valence-electron chi connectivity index (χ2n) is 4.64. The van der Waals surface area contributed by atoms with Crippen molar-refractivity contribution in [1.82, 2.24) is 4.90 Å². The number of ether oxygens (including phenoxy) is 4. The Kier molecular flexibility index (Phi) is 11.4. The van der Waals surface area contributed by atoms with Crippen molar-refractivity contribution >= 4 is 0 Å². The van der Waals surface area contributed by atoms with E-state index in [1.807, 2.05) is 0 Å². The van der Waals surface area contributed by atoms with Gasteiger partial charge in [0.15, 0.2) is 0 Å². The predicted molar refractivity (Wildman–Crippen MR) is 74.6 cm³/mol. The first-order valence-corrected chi connectivity index (χ1v) is 7.47. The van der Waals surface area contributed by atoms with Crippen LogP contribution in [0.5, 0.6) is 0 Å². The Morgan fingerprint density at radius 2 is 1.42 bits per heavy atom. The van der Waals surface area contributed by atoms with Crippen LogP contribution in [0.3, 0.4) is 0 Å². The zero-order valence-corrected chi connectivity index (χ0v) is 12.3. The zero-order chi connectivity index (χ0) is 13.6. The largest absolute Gasteiger partial charge is 0.379 e. The van der Waals surface area contributed by atoms with Crippen molar-refractivity contribution in [2.75, 3.05) is 72.5 Å². The summed E-state index contributed by atoms with van der Waals surface area (Å²) >= 11 is 0. The Morgan fingerprint density at radius 3 is 2.05 bits per heavy atom. The maximum absolute atomic E-state index is 5.53. The number of morpholine rings is 1. The molecule has 0 aromatic heterocycles. The van der Waals surface area contributed by atoms with E-state index in [0.29, 0.717) is 26.4 Å². The highest BCUT2D eigenvalue weighted by molar-refractivity contribution is 4.60. The fourth-order valence-electron chi connectivity index (χ4n) is 1.81. The van der Waals surface area contributed by atoms with Gasteiger partial charge in [-0.1, -0.05) is 13.3 Å². The Hall–Kier alpha value is -0.200. The van der Waals surface area contributed by atoms with Gasteiger partial charge in [0.1, 0.15) is 0 Å². The van der Waals surface area contributed by atoms with Gasteiger partial charge in [0.2, 0.25) is 0 Å². The molecular formula is C14H29NO4. The maximum Gasteiger partial charge on any atom is 0.0701 e. The lowest BCUT2D eigenvalue weighted by Crippen LogP contribution is -2.38. The molecule has 1 rings (SSSR count). The fourth-order valence-corrected chi connectivity index (χ4v) is 1.81. The van der Waals surface area contributed by atoms with Gasteiger partial charge in [-0.2, -0.15) is 0 Å². The predicted octanol–water partition coefficient (Wildman–Crippen LogP) is 1.17. The minimum absolute atomic E-state index is 0.653. The van der Waals surface area contributed by atoms with Gasteiger partial charge in [-0.25, -0.2) is 0 Å². The Morgan fingerprint density at radius 1 is 0.842 bits per heavy atom. The molecule has 1 aliphatic rings. The molecule has 1 fully saturated rings. The molecule has 0 bridgehead atoms. The average Bonchev–Trinajstić information content (AvgIpc) is 2.46. The molecule has 0 N–H and O–H groups in total. The van der Waals surface area contributed by atoms with Crippen LogP contribution in [-0.4, -0.2) is 77.4 Å². The topological polar surface area (TPSA) is 40.2 Å². The lowest BCUT2D eigenvalue weighted by molar-refractivity contribution is -0.00247. The molecule has 0 atom stereocenters. The molecule has 5 heteroatoms.